The van der Waals surface area contributed by atoms with Crippen molar-refractivity contribution in [3.05, 3.63) is 0 Å². The molecule has 0 aromatic heterocycles. The van der Waals surface area contributed by atoms with E-state index in [-0.39, 0.29) is 11.9 Å². The van der Waals surface area contributed by atoms with Gasteiger partial charge in [0.2, 0.25) is 5.91 Å². The Hall–Kier alpha value is -0.570. The molecule has 1 unspecified atom stereocenters. The summed E-state index contributed by atoms with van der Waals surface area (Å²) in [6.45, 7) is 4.74. The molecule has 3 heteroatoms. The predicted octanol–water partition coefficient (Wildman–Crippen LogP) is 1.81. The molecule has 0 spiro atoms. The van der Waals surface area contributed by atoms with Crippen LogP contribution in [0.25, 0.3) is 0 Å². The van der Waals surface area contributed by atoms with E-state index in [1.165, 1.54) is 12.8 Å². The highest BCUT2D eigenvalue weighted by Gasteiger charge is 2.07. The molecule has 0 fully saturated rings. The number of nitrogens with one attached hydrogen (secondary N) is 1. The molecule has 1 amide bonds. The van der Waals surface area contributed by atoms with Crippen molar-refractivity contribution in [1.82, 2.24) is 5.32 Å². The summed E-state index contributed by atoms with van der Waals surface area (Å²) in [6, 6.07) is 0.161. The first kappa shape index (κ1) is 13.4. The summed E-state index contributed by atoms with van der Waals surface area (Å²) in [4.78, 5) is 11.4. The summed E-state index contributed by atoms with van der Waals surface area (Å²) in [5.74, 6) is 0.151. The Labute approximate surface area is 87.4 Å². The number of carbonyl (C=O) groups is 1. The van der Waals surface area contributed by atoms with Gasteiger partial charge in [0.1, 0.15) is 0 Å². The first-order valence-corrected chi connectivity index (χ1v) is 5.74. The standard InChI is InChI=1S/C11H24N2O/c1-3-5-6-7-8-11(14)13-10(4-2)9-12/h10H,3-9,12H2,1-2H3,(H,13,14). The van der Waals surface area contributed by atoms with Crippen LogP contribution in [0.15, 0.2) is 0 Å². The molecule has 3 N–H and O–H groups in total. The number of hydrogen-bond acceptors (Lipinski definition) is 2. The van der Waals surface area contributed by atoms with Crippen molar-refractivity contribution in [3.63, 3.8) is 0 Å². The van der Waals surface area contributed by atoms with E-state index in [0.717, 1.165) is 19.3 Å². The monoisotopic (exact) mass is 200 g/mol. The first-order valence-electron chi connectivity index (χ1n) is 5.74. The molecule has 0 aromatic rings. The molecule has 14 heavy (non-hydrogen) atoms. The fourth-order valence-corrected chi connectivity index (χ4v) is 1.34. The zero-order chi connectivity index (χ0) is 10.8. The largest absolute Gasteiger partial charge is 0.352 e. The molecule has 0 radical (unpaired) electrons. The normalized spacial score (nSPS) is 12.5. The van der Waals surface area contributed by atoms with E-state index in [0.29, 0.717) is 13.0 Å². The molecule has 3 nitrogen and oxygen atoms in total. The third-order valence-corrected chi connectivity index (χ3v) is 2.40. The highest BCUT2D eigenvalue weighted by molar-refractivity contribution is 5.76. The van der Waals surface area contributed by atoms with Crippen molar-refractivity contribution in [2.75, 3.05) is 6.54 Å². The summed E-state index contributed by atoms with van der Waals surface area (Å²) < 4.78 is 0. The Morgan fingerprint density at radius 1 is 1.29 bits per heavy atom. The van der Waals surface area contributed by atoms with Crippen LogP contribution in [0.1, 0.15) is 52.4 Å². The number of nitrogens with two attached hydrogens (primary N) is 1. The van der Waals surface area contributed by atoms with Crippen LogP contribution in [-0.4, -0.2) is 18.5 Å². The van der Waals surface area contributed by atoms with Crippen molar-refractivity contribution in [1.29, 1.82) is 0 Å². The third-order valence-electron chi connectivity index (χ3n) is 2.40. The molecule has 0 rings (SSSR count). The average molecular weight is 200 g/mol. The van der Waals surface area contributed by atoms with Crippen LogP contribution in [0.2, 0.25) is 0 Å². The zero-order valence-electron chi connectivity index (χ0n) is 9.51. The van der Waals surface area contributed by atoms with Crippen molar-refractivity contribution in [3.8, 4) is 0 Å². The lowest BCUT2D eigenvalue weighted by atomic mass is 10.1. The van der Waals surface area contributed by atoms with Crippen LogP contribution in [0.4, 0.5) is 0 Å². The van der Waals surface area contributed by atoms with Crippen molar-refractivity contribution >= 4 is 5.91 Å². The number of carbonyl (C=O) groups excluding carboxylic acids is 1. The molecule has 0 aliphatic carbocycles. The highest BCUT2D eigenvalue weighted by Crippen LogP contribution is 2.02. The van der Waals surface area contributed by atoms with Crippen LogP contribution < -0.4 is 11.1 Å². The van der Waals surface area contributed by atoms with E-state index in [4.69, 9.17) is 5.73 Å². The summed E-state index contributed by atoms with van der Waals surface area (Å²) in [5.41, 5.74) is 5.49. The molecule has 1 atom stereocenters. The minimum atomic E-state index is 0.151. The van der Waals surface area contributed by atoms with Gasteiger partial charge in [0.05, 0.1) is 0 Å². The van der Waals surface area contributed by atoms with Gasteiger partial charge in [0.15, 0.2) is 0 Å². The third kappa shape index (κ3) is 6.89. The van der Waals surface area contributed by atoms with Crippen molar-refractivity contribution in [2.45, 2.75) is 58.4 Å². The molecule has 0 saturated carbocycles. The average Bonchev–Trinajstić information content (AvgIpc) is 2.21. The molecule has 0 aliphatic heterocycles. The maximum Gasteiger partial charge on any atom is 0.220 e. The van der Waals surface area contributed by atoms with Crippen molar-refractivity contribution < 1.29 is 4.79 Å². The summed E-state index contributed by atoms with van der Waals surface area (Å²) in [6.07, 6.45) is 6.15. The molecule has 84 valence electrons. The van der Waals surface area contributed by atoms with Crippen LogP contribution in [0.3, 0.4) is 0 Å². The van der Waals surface area contributed by atoms with Gasteiger partial charge in [-0.25, -0.2) is 0 Å². The smallest absolute Gasteiger partial charge is 0.220 e. The minimum Gasteiger partial charge on any atom is -0.352 e. The van der Waals surface area contributed by atoms with E-state index >= 15 is 0 Å². The minimum absolute atomic E-state index is 0.151. The maximum absolute atomic E-state index is 11.4. The Morgan fingerprint density at radius 3 is 2.50 bits per heavy atom. The number of rotatable bonds is 8. The Morgan fingerprint density at radius 2 is 2.00 bits per heavy atom. The number of amides is 1. The lowest BCUT2D eigenvalue weighted by Gasteiger charge is -2.14. The van der Waals surface area contributed by atoms with Gasteiger partial charge in [-0.15, -0.1) is 0 Å². The first-order chi connectivity index (χ1) is 6.74. The summed E-state index contributed by atoms with van der Waals surface area (Å²) in [7, 11) is 0. The highest BCUT2D eigenvalue weighted by atomic mass is 16.1. The molecule has 0 aromatic carbocycles. The molecule has 0 aliphatic rings. The van der Waals surface area contributed by atoms with Gasteiger partial charge in [0, 0.05) is 19.0 Å². The SMILES string of the molecule is CCCCCCC(=O)NC(CC)CN. The van der Waals surface area contributed by atoms with Gasteiger partial charge in [-0.1, -0.05) is 33.1 Å². The van der Waals surface area contributed by atoms with Crippen LogP contribution in [0, 0.1) is 0 Å². The summed E-state index contributed by atoms with van der Waals surface area (Å²) >= 11 is 0. The van der Waals surface area contributed by atoms with Gasteiger partial charge in [-0.2, -0.15) is 0 Å². The Balaban J connectivity index is 3.44. The quantitative estimate of drug-likeness (QED) is 0.587. The molecule has 0 bridgehead atoms. The fourth-order valence-electron chi connectivity index (χ4n) is 1.34. The number of hydrogen-bond donors (Lipinski definition) is 2. The van der Waals surface area contributed by atoms with Crippen LogP contribution in [-0.2, 0) is 4.79 Å². The van der Waals surface area contributed by atoms with Crippen LogP contribution >= 0.6 is 0 Å². The van der Waals surface area contributed by atoms with Crippen LogP contribution in [0.5, 0.6) is 0 Å². The van der Waals surface area contributed by atoms with E-state index in [9.17, 15) is 4.79 Å². The Bertz CT molecular complexity index is 144. The lowest BCUT2D eigenvalue weighted by Crippen LogP contribution is -2.39. The second kappa shape index (κ2) is 9.00. The maximum atomic E-state index is 11.4. The van der Waals surface area contributed by atoms with E-state index in [1.807, 2.05) is 6.92 Å². The van der Waals surface area contributed by atoms with E-state index < -0.39 is 0 Å². The second-order valence-electron chi connectivity index (χ2n) is 3.72. The van der Waals surface area contributed by atoms with Gasteiger partial charge >= 0.3 is 0 Å². The molecular formula is C11H24N2O. The van der Waals surface area contributed by atoms with Gasteiger partial charge < -0.3 is 11.1 Å². The zero-order valence-corrected chi connectivity index (χ0v) is 9.51. The van der Waals surface area contributed by atoms with Gasteiger partial charge in [0.25, 0.3) is 0 Å². The summed E-state index contributed by atoms with van der Waals surface area (Å²) in [5, 5.41) is 2.93. The van der Waals surface area contributed by atoms with Gasteiger partial charge in [-0.05, 0) is 12.8 Å². The second-order valence-corrected chi connectivity index (χ2v) is 3.72. The molecule has 0 heterocycles. The van der Waals surface area contributed by atoms with Crippen molar-refractivity contribution in [2.24, 2.45) is 5.73 Å². The lowest BCUT2D eigenvalue weighted by molar-refractivity contribution is -0.121. The predicted molar refractivity (Wildman–Crippen MR) is 60.0 cm³/mol. The molecule has 0 saturated heterocycles. The topological polar surface area (TPSA) is 55.1 Å². The van der Waals surface area contributed by atoms with E-state index in [2.05, 4.69) is 12.2 Å². The van der Waals surface area contributed by atoms with E-state index in [1.54, 1.807) is 0 Å². The number of unbranched alkanes of at least 4 members (excludes halogenated alkanes) is 3. The Kier molecular flexibility index (Phi) is 8.64. The fraction of sp³-hybridized carbons (Fsp3) is 0.909. The molecular weight excluding hydrogens is 176 g/mol. The van der Waals surface area contributed by atoms with Gasteiger partial charge in [-0.3, -0.25) is 4.79 Å².